The molecule has 0 aliphatic heterocycles. The predicted molar refractivity (Wildman–Crippen MR) is 46.4 cm³/mol. The highest BCUT2D eigenvalue weighted by Gasteiger charge is 1.84. The van der Waals surface area contributed by atoms with E-state index in [1.807, 2.05) is 12.2 Å². The van der Waals surface area contributed by atoms with E-state index >= 15 is 0 Å². The molecule has 0 amide bonds. The van der Waals surface area contributed by atoms with Crippen molar-refractivity contribution in [3.8, 4) is 0 Å². The molecule has 0 fully saturated rings. The number of aromatic nitrogens is 2. The average Bonchev–Trinajstić information content (AvgIpc) is 2.14. The van der Waals surface area contributed by atoms with Crippen LogP contribution in [0.1, 0.15) is 18.7 Å². The SMILES string of the molecule is O=CCCC=Cc1ncccn1. The fraction of sp³-hybridized carbons (Fsp3) is 0.222. The minimum absolute atomic E-state index is 0.559. The summed E-state index contributed by atoms with van der Waals surface area (Å²) in [5, 5.41) is 0. The summed E-state index contributed by atoms with van der Waals surface area (Å²) in [6.07, 6.45) is 9.29. The van der Waals surface area contributed by atoms with Gasteiger partial charge in [-0.2, -0.15) is 0 Å². The third kappa shape index (κ3) is 3.05. The molecular weight excluding hydrogens is 152 g/mol. The van der Waals surface area contributed by atoms with E-state index in [2.05, 4.69) is 9.97 Å². The van der Waals surface area contributed by atoms with Crippen molar-refractivity contribution < 1.29 is 4.79 Å². The second-order valence-corrected chi connectivity index (χ2v) is 2.25. The molecule has 0 aromatic carbocycles. The molecule has 12 heavy (non-hydrogen) atoms. The third-order valence-electron chi connectivity index (χ3n) is 1.30. The zero-order valence-corrected chi connectivity index (χ0v) is 6.68. The van der Waals surface area contributed by atoms with Crippen molar-refractivity contribution in [3.63, 3.8) is 0 Å². The van der Waals surface area contributed by atoms with Crippen molar-refractivity contribution in [1.29, 1.82) is 0 Å². The molecule has 3 nitrogen and oxygen atoms in total. The lowest BCUT2D eigenvalue weighted by Gasteiger charge is -1.87. The Kier molecular flexibility index (Phi) is 3.71. The van der Waals surface area contributed by atoms with Gasteiger partial charge in [-0.3, -0.25) is 0 Å². The second-order valence-electron chi connectivity index (χ2n) is 2.25. The Bertz CT molecular complexity index is 256. The third-order valence-corrected chi connectivity index (χ3v) is 1.30. The van der Waals surface area contributed by atoms with Gasteiger partial charge in [-0.15, -0.1) is 0 Å². The summed E-state index contributed by atoms with van der Waals surface area (Å²) >= 11 is 0. The Balaban J connectivity index is 2.41. The van der Waals surface area contributed by atoms with Crippen LogP contribution >= 0.6 is 0 Å². The van der Waals surface area contributed by atoms with Crippen LogP contribution in [0.4, 0.5) is 0 Å². The predicted octanol–water partition coefficient (Wildman–Crippen LogP) is 1.47. The average molecular weight is 162 g/mol. The number of unbranched alkanes of at least 4 members (excludes halogenated alkanes) is 1. The molecule has 0 atom stereocenters. The van der Waals surface area contributed by atoms with Gasteiger partial charge in [0.25, 0.3) is 0 Å². The number of nitrogens with zero attached hydrogens (tertiary/aromatic N) is 2. The number of carbonyl (C=O) groups excluding carboxylic acids is 1. The van der Waals surface area contributed by atoms with Gasteiger partial charge in [-0.05, 0) is 18.6 Å². The highest BCUT2D eigenvalue weighted by atomic mass is 16.1. The number of hydrogen-bond donors (Lipinski definition) is 0. The zero-order chi connectivity index (χ0) is 8.65. The van der Waals surface area contributed by atoms with Crippen molar-refractivity contribution in [3.05, 3.63) is 30.4 Å². The van der Waals surface area contributed by atoms with Crippen molar-refractivity contribution in [2.45, 2.75) is 12.8 Å². The molecule has 0 aliphatic rings. The lowest BCUT2D eigenvalue weighted by atomic mass is 10.3. The first kappa shape index (κ1) is 8.59. The van der Waals surface area contributed by atoms with Gasteiger partial charge in [0.1, 0.15) is 6.29 Å². The molecule has 0 spiro atoms. The Hall–Kier alpha value is -1.51. The molecule has 3 heteroatoms. The normalized spacial score (nSPS) is 10.3. The number of aldehydes is 1. The van der Waals surface area contributed by atoms with Crippen molar-refractivity contribution in [2.24, 2.45) is 0 Å². The zero-order valence-electron chi connectivity index (χ0n) is 6.68. The standard InChI is InChI=1S/C9H10N2O/c12-8-3-1-2-5-9-10-6-4-7-11-9/h2,4-8H,1,3H2. The summed E-state index contributed by atoms with van der Waals surface area (Å²) in [6, 6.07) is 1.77. The van der Waals surface area contributed by atoms with Gasteiger partial charge in [-0.1, -0.05) is 6.08 Å². The van der Waals surface area contributed by atoms with Crippen LogP contribution in [-0.2, 0) is 4.79 Å². The van der Waals surface area contributed by atoms with Crippen LogP contribution in [0.3, 0.4) is 0 Å². The van der Waals surface area contributed by atoms with Crippen molar-refractivity contribution in [2.75, 3.05) is 0 Å². The van der Waals surface area contributed by atoms with E-state index in [0.717, 1.165) is 12.7 Å². The van der Waals surface area contributed by atoms with Crippen LogP contribution in [-0.4, -0.2) is 16.3 Å². The van der Waals surface area contributed by atoms with E-state index in [1.165, 1.54) is 0 Å². The first-order valence-corrected chi connectivity index (χ1v) is 3.80. The molecule has 1 rings (SSSR count). The smallest absolute Gasteiger partial charge is 0.151 e. The first-order chi connectivity index (χ1) is 5.93. The molecule has 0 radical (unpaired) electrons. The summed E-state index contributed by atoms with van der Waals surface area (Å²) < 4.78 is 0. The summed E-state index contributed by atoms with van der Waals surface area (Å²) in [5.41, 5.74) is 0. The summed E-state index contributed by atoms with van der Waals surface area (Å²) in [5.74, 6) is 0.684. The summed E-state index contributed by atoms with van der Waals surface area (Å²) in [6.45, 7) is 0. The highest BCUT2D eigenvalue weighted by molar-refractivity contribution is 5.50. The van der Waals surface area contributed by atoms with Gasteiger partial charge >= 0.3 is 0 Å². The van der Waals surface area contributed by atoms with E-state index < -0.39 is 0 Å². The lowest BCUT2D eigenvalue weighted by Crippen LogP contribution is -1.82. The fourth-order valence-corrected chi connectivity index (χ4v) is 0.750. The molecule has 62 valence electrons. The monoisotopic (exact) mass is 162 g/mol. The number of allylic oxidation sites excluding steroid dienone is 1. The van der Waals surface area contributed by atoms with Crippen LogP contribution < -0.4 is 0 Å². The number of hydrogen-bond acceptors (Lipinski definition) is 3. The first-order valence-electron chi connectivity index (χ1n) is 3.80. The van der Waals surface area contributed by atoms with Crippen molar-refractivity contribution in [1.82, 2.24) is 9.97 Å². The van der Waals surface area contributed by atoms with E-state index in [4.69, 9.17) is 0 Å². The van der Waals surface area contributed by atoms with Crippen LogP contribution in [0.2, 0.25) is 0 Å². The summed E-state index contributed by atoms with van der Waals surface area (Å²) in [4.78, 5) is 17.9. The lowest BCUT2D eigenvalue weighted by molar-refractivity contribution is -0.107. The molecule has 0 unspecified atom stereocenters. The van der Waals surface area contributed by atoms with Crippen LogP contribution in [0.15, 0.2) is 24.5 Å². The highest BCUT2D eigenvalue weighted by Crippen LogP contribution is 1.94. The van der Waals surface area contributed by atoms with Gasteiger partial charge in [-0.25, -0.2) is 9.97 Å². The van der Waals surface area contributed by atoms with E-state index in [9.17, 15) is 4.79 Å². The maximum absolute atomic E-state index is 9.95. The molecule has 0 N–H and O–H groups in total. The minimum atomic E-state index is 0.559. The minimum Gasteiger partial charge on any atom is -0.303 e. The van der Waals surface area contributed by atoms with E-state index in [0.29, 0.717) is 12.2 Å². The van der Waals surface area contributed by atoms with E-state index in [-0.39, 0.29) is 0 Å². The number of carbonyl (C=O) groups is 1. The summed E-state index contributed by atoms with van der Waals surface area (Å²) in [7, 11) is 0. The maximum Gasteiger partial charge on any atom is 0.151 e. The molecule has 1 heterocycles. The van der Waals surface area contributed by atoms with Gasteiger partial charge in [0.05, 0.1) is 0 Å². The Morgan fingerprint density at radius 2 is 2.00 bits per heavy atom. The largest absolute Gasteiger partial charge is 0.303 e. The van der Waals surface area contributed by atoms with Crippen molar-refractivity contribution >= 4 is 12.4 Å². The Morgan fingerprint density at radius 3 is 2.67 bits per heavy atom. The van der Waals surface area contributed by atoms with Crippen LogP contribution in [0.25, 0.3) is 6.08 Å². The van der Waals surface area contributed by atoms with Gasteiger partial charge in [0, 0.05) is 18.8 Å². The topological polar surface area (TPSA) is 42.9 Å². The van der Waals surface area contributed by atoms with Gasteiger partial charge in [0.15, 0.2) is 5.82 Å². The van der Waals surface area contributed by atoms with Crippen LogP contribution in [0, 0.1) is 0 Å². The number of rotatable bonds is 4. The van der Waals surface area contributed by atoms with Gasteiger partial charge in [0.2, 0.25) is 0 Å². The Morgan fingerprint density at radius 1 is 1.25 bits per heavy atom. The molecule has 0 saturated heterocycles. The molecule has 1 aromatic heterocycles. The molecule has 0 bridgehead atoms. The van der Waals surface area contributed by atoms with Crippen LogP contribution in [0.5, 0.6) is 0 Å². The van der Waals surface area contributed by atoms with Gasteiger partial charge < -0.3 is 4.79 Å². The molecule has 0 aliphatic carbocycles. The molecular formula is C9H10N2O. The maximum atomic E-state index is 9.95. The second kappa shape index (κ2) is 5.18. The quantitative estimate of drug-likeness (QED) is 0.497. The molecule has 1 aromatic rings. The van der Waals surface area contributed by atoms with E-state index in [1.54, 1.807) is 18.5 Å². The Labute approximate surface area is 71.2 Å². The molecule has 0 saturated carbocycles. The fourth-order valence-electron chi connectivity index (χ4n) is 0.750.